The summed E-state index contributed by atoms with van der Waals surface area (Å²) in [6.45, 7) is 2.17. The van der Waals surface area contributed by atoms with Crippen molar-refractivity contribution in [3.05, 3.63) is 22.2 Å². The summed E-state index contributed by atoms with van der Waals surface area (Å²) < 4.78 is 2.87. The van der Waals surface area contributed by atoms with Crippen molar-refractivity contribution in [3.63, 3.8) is 0 Å². The Bertz CT molecular complexity index is 502. The molecular formula is C11H14BrN3. The summed E-state index contributed by atoms with van der Waals surface area (Å²) in [5, 5.41) is 5.25. The van der Waals surface area contributed by atoms with Crippen LogP contribution >= 0.6 is 15.9 Å². The van der Waals surface area contributed by atoms with Gasteiger partial charge in [0.25, 0.3) is 0 Å². The molecule has 15 heavy (non-hydrogen) atoms. The van der Waals surface area contributed by atoms with Gasteiger partial charge in [0.1, 0.15) is 0 Å². The molecule has 1 heterocycles. The first-order chi connectivity index (χ1) is 7.13. The van der Waals surface area contributed by atoms with Crippen LogP contribution in [0.15, 0.2) is 16.6 Å². The third-order valence-corrected chi connectivity index (χ3v) is 3.12. The maximum absolute atomic E-state index is 5.86. The number of anilines is 1. The number of aryl methyl sites for hydroxylation is 2. The lowest BCUT2D eigenvalue weighted by Crippen LogP contribution is -1.92. The van der Waals surface area contributed by atoms with Crippen LogP contribution in [-0.2, 0) is 13.5 Å². The summed E-state index contributed by atoms with van der Waals surface area (Å²) in [7, 11) is 1.91. The monoisotopic (exact) mass is 267 g/mol. The predicted octanol–water partition coefficient (Wildman–Crippen LogP) is 2.87. The molecule has 2 aromatic rings. The molecule has 4 heteroatoms. The van der Waals surface area contributed by atoms with Crippen LogP contribution in [0.4, 0.5) is 5.82 Å². The highest BCUT2D eigenvalue weighted by Gasteiger charge is 2.10. The molecule has 0 saturated heterocycles. The Morgan fingerprint density at radius 1 is 1.47 bits per heavy atom. The number of nitrogens with two attached hydrogens (primary N) is 1. The van der Waals surface area contributed by atoms with Crippen molar-refractivity contribution in [2.45, 2.75) is 19.8 Å². The van der Waals surface area contributed by atoms with Gasteiger partial charge in [0.15, 0.2) is 5.82 Å². The third kappa shape index (κ3) is 1.74. The largest absolute Gasteiger partial charge is 0.382 e. The van der Waals surface area contributed by atoms with E-state index in [0.29, 0.717) is 5.82 Å². The normalized spacial score (nSPS) is 11.1. The molecule has 0 bridgehead atoms. The number of nitrogen functional groups attached to an aromatic ring is 1. The van der Waals surface area contributed by atoms with Crippen LogP contribution in [0.5, 0.6) is 0 Å². The molecule has 0 saturated carbocycles. The average molecular weight is 268 g/mol. The summed E-state index contributed by atoms with van der Waals surface area (Å²) in [5.41, 5.74) is 8.22. The number of halogens is 1. The molecule has 2 N–H and O–H groups in total. The van der Waals surface area contributed by atoms with Crippen LogP contribution in [0.2, 0.25) is 0 Å². The number of rotatable bonds is 2. The molecule has 2 rings (SSSR count). The van der Waals surface area contributed by atoms with E-state index in [1.54, 1.807) is 0 Å². The number of fused-ring (bicyclic) bond motifs is 1. The van der Waals surface area contributed by atoms with Crippen molar-refractivity contribution in [1.82, 2.24) is 9.78 Å². The molecule has 0 aliphatic heterocycles. The van der Waals surface area contributed by atoms with Crippen molar-refractivity contribution in [2.24, 2.45) is 7.05 Å². The summed E-state index contributed by atoms with van der Waals surface area (Å²) in [4.78, 5) is 0. The lowest BCUT2D eigenvalue weighted by atomic mass is 10.1. The van der Waals surface area contributed by atoms with Gasteiger partial charge in [0.2, 0.25) is 0 Å². The quantitative estimate of drug-likeness (QED) is 0.910. The Kier molecular flexibility index (Phi) is 2.69. The van der Waals surface area contributed by atoms with Crippen LogP contribution in [0.1, 0.15) is 18.9 Å². The number of hydrogen-bond acceptors (Lipinski definition) is 2. The Hall–Kier alpha value is -1.03. The number of nitrogens with zero attached hydrogens (tertiary/aromatic N) is 2. The number of benzene rings is 1. The summed E-state index contributed by atoms with van der Waals surface area (Å²) >= 11 is 3.57. The topological polar surface area (TPSA) is 43.8 Å². The van der Waals surface area contributed by atoms with E-state index in [-0.39, 0.29) is 0 Å². The minimum atomic E-state index is 0.603. The van der Waals surface area contributed by atoms with E-state index in [1.807, 2.05) is 11.7 Å². The van der Waals surface area contributed by atoms with E-state index in [0.717, 1.165) is 28.2 Å². The van der Waals surface area contributed by atoms with Crippen LogP contribution in [-0.4, -0.2) is 9.78 Å². The molecular weight excluding hydrogens is 254 g/mol. The lowest BCUT2D eigenvalue weighted by Gasteiger charge is -2.02. The number of hydrogen-bond donors (Lipinski definition) is 1. The van der Waals surface area contributed by atoms with Gasteiger partial charge >= 0.3 is 0 Å². The number of aromatic nitrogens is 2. The van der Waals surface area contributed by atoms with E-state index >= 15 is 0 Å². The Labute approximate surface area is 97.4 Å². The molecule has 0 aliphatic rings. The average Bonchev–Trinajstić information content (AvgIpc) is 2.43. The van der Waals surface area contributed by atoms with Crippen molar-refractivity contribution >= 4 is 32.7 Å². The zero-order valence-corrected chi connectivity index (χ0v) is 10.5. The molecule has 0 radical (unpaired) electrons. The lowest BCUT2D eigenvalue weighted by molar-refractivity contribution is 0.800. The molecule has 0 atom stereocenters. The highest BCUT2D eigenvalue weighted by molar-refractivity contribution is 9.10. The van der Waals surface area contributed by atoms with E-state index in [4.69, 9.17) is 5.73 Å². The van der Waals surface area contributed by atoms with Gasteiger partial charge in [-0.05, 0) is 40.0 Å². The first-order valence-corrected chi connectivity index (χ1v) is 5.83. The predicted molar refractivity (Wildman–Crippen MR) is 66.8 cm³/mol. The zero-order chi connectivity index (χ0) is 11.0. The Balaban J connectivity index is 2.70. The summed E-state index contributed by atoms with van der Waals surface area (Å²) in [6, 6.07) is 4.28. The van der Waals surface area contributed by atoms with Crippen molar-refractivity contribution < 1.29 is 0 Å². The van der Waals surface area contributed by atoms with Gasteiger partial charge in [-0.3, -0.25) is 4.68 Å². The smallest absolute Gasteiger partial charge is 0.153 e. The summed E-state index contributed by atoms with van der Waals surface area (Å²) in [6.07, 6.45) is 2.21. The highest BCUT2D eigenvalue weighted by atomic mass is 79.9. The molecule has 3 nitrogen and oxygen atoms in total. The minimum absolute atomic E-state index is 0.603. The Morgan fingerprint density at radius 3 is 2.87 bits per heavy atom. The van der Waals surface area contributed by atoms with Crippen molar-refractivity contribution in [3.8, 4) is 0 Å². The SMILES string of the molecule is CCCc1cc(Br)c2c(c1)c(N)nn2C. The van der Waals surface area contributed by atoms with Gasteiger partial charge in [0, 0.05) is 16.9 Å². The fourth-order valence-corrected chi connectivity index (χ4v) is 2.64. The van der Waals surface area contributed by atoms with Gasteiger partial charge in [-0.2, -0.15) is 5.10 Å². The van der Waals surface area contributed by atoms with E-state index in [1.165, 1.54) is 5.56 Å². The maximum atomic E-state index is 5.86. The Morgan fingerprint density at radius 2 is 2.20 bits per heavy atom. The molecule has 1 aromatic heterocycles. The zero-order valence-electron chi connectivity index (χ0n) is 8.92. The second-order valence-corrected chi connectivity index (χ2v) is 4.59. The molecule has 0 fully saturated rings. The molecule has 0 unspecified atom stereocenters. The van der Waals surface area contributed by atoms with Gasteiger partial charge in [-0.25, -0.2) is 0 Å². The minimum Gasteiger partial charge on any atom is -0.382 e. The maximum Gasteiger partial charge on any atom is 0.153 e. The fraction of sp³-hybridized carbons (Fsp3) is 0.364. The van der Waals surface area contributed by atoms with Gasteiger partial charge in [0.05, 0.1) is 5.52 Å². The van der Waals surface area contributed by atoms with Crippen LogP contribution in [0.25, 0.3) is 10.9 Å². The van der Waals surface area contributed by atoms with Crippen LogP contribution in [0.3, 0.4) is 0 Å². The van der Waals surface area contributed by atoms with Gasteiger partial charge < -0.3 is 5.73 Å². The second kappa shape index (κ2) is 3.85. The third-order valence-electron chi connectivity index (χ3n) is 2.52. The molecule has 0 amide bonds. The molecule has 1 aromatic carbocycles. The van der Waals surface area contributed by atoms with E-state index in [9.17, 15) is 0 Å². The molecule has 0 aliphatic carbocycles. The molecule has 80 valence electrons. The highest BCUT2D eigenvalue weighted by Crippen LogP contribution is 2.29. The van der Waals surface area contributed by atoms with Crippen LogP contribution in [0, 0.1) is 0 Å². The van der Waals surface area contributed by atoms with Crippen LogP contribution < -0.4 is 5.73 Å². The van der Waals surface area contributed by atoms with E-state index < -0.39 is 0 Å². The van der Waals surface area contributed by atoms with Crippen molar-refractivity contribution in [2.75, 3.05) is 5.73 Å². The molecule has 0 spiro atoms. The fourth-order valence-electron chi connectivity index (χ4n) is 1.88. The first kappa shape index (κ1) is 10.5. The van der Waals surface area contributed by atoms with Crippen molar-refractivity contribution in [1.29, 1.82) is 0 Å². The van der Waals surface area contributed by atoms with Gasteiger partial charge in [-0.15, -0.1) is 0 Å². The van der Waals surface area contributed by atoms with E-state index in [2.05, 4.69) is 40.1 Å². The second-order valence-electron chi connectivity index (χ2n) is 3.73. The van der Waals surface area contributed by atoms with Gasteiger partial charge in [-0.1, -0.05) is 13.3 Å². The standard InChI is InChI=1S/C11H14BrN3/c1-3-4-7-5-8-10(9(12)6-7)15(2)14-11(8)13/h5-6H,3-4H2,1-2H3,(H2,13,14). The first-order valence-electron chi connectivity index (χ1n) is 5.04. The summed E-state index contributed by atoms with van der Waals surface area (Å²) in [5.74, 6) is 0.603.